The van der Waals surface area contributed by atoms with E-state index in [4.69, 9.17) is 0 Å². The van der Waals surface area contributed by atoms with E-state index in [1.807, 2.05) is 0 Å². The average molecular weight is 237 g/mol. The van der Waals surface area contributed by atoms with Crippen LogP contribution in [0.15, 0.2) is 54.6 Å². The molecule has 0 bridgehead atoms. The minimum atomic E-state index is 0.858. The molecule has 2 aromatic carbocycles. The van der Waals surface area contributed by atoms with Gasteiger partial charge < -0.3 is 5.32 Å². The minimum absolute atomic E-state index is 0.858. The van der Waals surface area contributed by atoms with Gasteiger partial charge in [0.2, 0.25) is 0 Å². The predicted molar refractivity (Wildman–Crippen MR) is 75.4 cm³/mol. The number of hydrogen-bond donors (Lipinski definition) is 1. The molecule has 18 heavy (non-hydrogen) atoms. The lowest BCUT2D eigenvalue weighted by atomic mass is 10.1. The van der Waals surface area contributed by atoms with Crippen LogP contribution in [0.4, 0.5) is 0 Å². The fourth-order valence-corrected chi connectivity index (χ4v) is 2.27. The third-order valence-electron chi connectivity index (χ3n) is 3.53. The van der Waals surface area contributed by atoms with Crippen molar-refractivity contribution in [3.8, 4) is 0 Å². The molecule has 0 aromatic heterocycles. The monoisotopic (exact) mass is 237 g/mol. The van der Waals surface area contributed by atoms with Gasteiger partial charge in [-0.3, -0.25) is 0 Å². The Labute approximate surface area is 109 Å². The molecule has 1 fully saturated rings. The maximum Gasteiger partial charge on any atom is 0.0208 e. The van der Waals surface area contributed by atoms with E-state index < -0.39 is 0 Å². The largest absolute Gasteiger partial charge is 0.309 e. The zero-order valence-electron chi connectivity index (χ0n) is 10.6. The van der Waals surface area contributed by atoms with Crippen molar-refractivity contribution in [3.63, 3.8) is 0 Å². The average Bonchev–Trinajstić information content (AvgIpc) is 3.25. The first-order valence-corrected chi connectivity index (χ1v) is 6.75. The van der Waals surface area contributed by atoms with E-state index in [9.17, 15) is 0 Å². The summed E-state index contributed by atoms with van der Waals surface area (Å²) in [6, 6.07) is 19.6. The van der Waals surface area contributed by atoms with Crippen LogP contribution in [0, 0.1) is 0 Å². The third-order valence-corrected chi connectivity index (χ3v) is 3.53. The second-order valence-electron chi connectivity index (χ2n) is 5.11. The quantitative estimate of drug-likeness (QED) is 0.832. The standard InChI is InChI=1S/C17H19N/c1-2-4-14(5-3-1)12-18-13-15-6-8-16(9-7-15)17-10-11-17/h1-9,17-18H,10-13H2. The van der Waals surface area contributed by atoms with Gasteiger partial charge in [-0.25, -0.2) is 0 Å². The second kappa shape index (κ2) is 5.36. The van der Waals surface area contributed by atoms with E-state index >= 15 is 0 Å². The Kier molecular flexibility index (Phi) is 3.42. The van der Waals surface area contributed by atoms with E-state index in [-0.39, 0.29) is 0 Å². The van der Waals surface area contributed by atoms with Gasteiger partial charge in [-0.15, -0.1) is 0 Å². The molecular formula is C17H19N. The lowest BCUT2D eigenvalue weighted by Gasteiger charge is -2.06. The van der Waals surface area contributed by atoms with E-state index in [0.29, 0.717) is 0 Å². The molecule has 0 heterocycles. The summed E-state index contributed by atoms with van der Waals surface area (Å²) in [6.07, 6.45) is 2.76. The molecule has 3 rings (SSSR count). The molecule has 0 radical (unpaired) electrons. The number of hydrogen-bond acceptors (Lipinski definition) is 1. The molecule has 92 valence electrons. The van der Waals surface area contributed by atoms with Gasteiger partial charge >= 0.3 is 0 Å². The molecule has 2 aromatic rings. The Morgan fingerprint density at radius 1 is 0.778 bits per heavy atom. The molecule has 0 aliphatic heterocycles. The van der Waals surface area contributed by atoms with Gasteiger partial charge in [0.15, 0.2) is 0 Å². The van der Waals surface area contributed by atoms with Crippen LogP contribution in [0.3, 0.4) is 0 Å². The molecule has 1 heteroatoms. The summed E-state index contributed by atoms with van der Waals surface area (Å²) >= 11 is 0. The molecule has 1 nitrogen and oxygen atoms in total. The van der Waals surface area contributed by atoms with Crippen molar-refractivity contribution in [2.45, 2.75) is 31.8 Å². The summed E-state index contributed by atoms with van der Waals surface area (Å²) in [5.41, 5.74) is 4.23. The van der Waals surface area contributed by atoms with Crippen LogP contribution in [0.25, 0.3) is 0 Å². The Morgan fingerprint density at radius 2 is 1.39 bits per heavy atom. The SMILES string of the molecule is c1ccc(CNCc2ccc(C3CC3)cc2)cc1. The number of nitrogens with one attached hydrogen (secondary N) is 1. The van der Waals surface area contributed by atoms with Crippen molar-refractivity contribution in [1.29, 1.82) is 0 Å². The summed E-state index contributed by atoms with van der Waals surface area (Å²) in [5, 5.41) is 3.48. The van der Waals surface area contributed by atoms with Gasteiger partial charge in [-0.1, -0.05) is 54.6 Å². The zero-order chi connectivity index (χ0) is 12.2. The fraction of sp³-hybridized carbons (Fsp3) is 0.294. The Morgan fingerprint density at radius 3 is 2.00 bits per heavy atom. The van der Waals surface area contributed by atoms with Crippen LogP contribution in [0.1, 0.15) is 35.4 Å². The molecule has 1 N–H and O–H groups in total. The lowest BCUT2D eigenvalue weighted by molar-refractivity contribution is 0.693. The molecule has 0 spiro atoms. The van der Waals surface area contributed by atoms with Crippen LogP contribution in [0.2, 0.25) is 0 Å². The predicted octanol–water partition coefficient (Wildman–Crippen LogP) is 3.85. The van der Waals surface area contributed by atoms with Crippen LogP contribution in [-0.2, 0) is 13.1 Å². The highest BCUT2D eigenvalue weighted by Crippen LogP contribution is 2.39. The summed E-state index contributed by atoms with van der Waals surface area (Å²) in [7, 11) is 0. The van der Waals surface area contributed by atoms with Crippen molar-refractivity contribution in [3.05, 3.63) is 71.3 Å². The van der Waals surface area contributed by atoms with Crippen molar-refractivity contribution in [2.24, 2.45) is 0 Å². The minimum Gasteiger partial charge on any atom is -0.309 e. The highest BCUT2D eigenvalue weighted by molar-refractivity contribution is 5.28. The topological polar surface area (TPSA) is 12.0 Å². The normalized spacial score (nSPS) is 14.7. The lowest BCUT2D eigenvalue weighted by Crippen LogP contribution is -2.12. The number of benzene rings is 2. The van der Waals surface area contributed by atoms with E-state index in [2.05, 4.69) is 59.9 Å². The zero-order valence-corrected chi connectivity index (χ0v) is 10.6. The Balaban J connectivity index is 1.50. The molecule has 1 saturated carbocycles. The van der Waals surface area contributed by atoms with Crippen LogP contribution in [-0.4, -0.2) is 0 Å². The first-order chi connectivity index (χ1) is 8.92. The van der Waals surface area contributed by atoms with E-state index in [1.54, 1.807) is 0 Å². The highest BCUT2D eigenvalue weighted by atomic mass is 14.8. The summed E-state index contributed by atoms with van der Waals surface area (Å²) in [4.78, 5) is 0. The maximum absolute atomic E-state index is 3.48. The summed E-state index contributed by atoms with van der Waals surface area (Å²) in [6.45, 7) is 1.88. The van der Waals surface area contributed by atoms with E-state index in [0.717, 1.165) is 19.0 Å². The second-order valence-corrected chi connectivity index (χ2v) is 5.11. The van der Waals surface area contributed by atoms with Crippen molar-refractivity contribution in [1.82, 2.24) is 5.32 Å². The molecule has 0 amide bonds. The Bertz CT molecular complexity index is 483. The smallest absolute Gasteiger partial charge is 0.0208 e. The first-order valence-electron chi connectivity index (χ1n) is 6.75. The molecule has 1 aliphatic carbocycles. The molecule has 1 aliphatic rings. The summed E-state index contributed by atoms with van der Waals surface area (Å²) < 4.78 is 0. The molecule has 0 unspecified atom stereocenters. The van der Waals surface area contributed by atoms with Gasteiger partial charge in [-0.2, -0.15) is 0 Å². The van der Waals surface area contributed by atoms with Gasteiger partial charge in [0.1, 0.15) is 0 Å². The fourth-order valence-electron chi connectivity index (χ4n) is 2.27. The van der Waals surface area contributed by atoms with Gasteiger partial charge in [0.25, 0.3) is 0 Å². The van der Waals surface area contributed by atoms with Crippen LogP contribution < -0.4 is 5.32 Å². The number of rotatable bonds is 5. The van der Waals surface area contributed by atoms with Crippen molar-refractivity contribution >= 4 is 0 Å². The molecule has 0 saturated heterocycles. The third kappa shape index (κ3) is 2.99. The molecular weight excluding hydrogens is 218 g/mol. The van der Waals surface area contributed by atoms with Crippen LogP contribution >= 0.6 is 0 Å². The highest BCUT2D eigenvalue weighted by Gasteiger charge is 2.22. The molecule has 0 atom stereocenters. The summed E-state index contributed by atoms with van der Waals surface area (Å²) in [5.74, 6) is 0.858. The first kappa shape index (κ1) is 11.5. The van der Waals surface area contributed by atoms with Gasteiger partial charge in [0, 0.05) is 13.1 Å². The maximum atomic E-state index is 3.48. The Hall–Kier alpha value is -1.60. The van der Waals surface area contributed by atoms with Crippen LogP contribution in [0.5, 0.6) is 0 Å². The van der Waals surface area contributed by atoms with Gasteiger partial charge in [-0.05, 0) is 35.4 Å². The van der Waals surface area contributed by atoms with Gasteiger partial charge in [0.05, 0.1) is 0 Å². The van der Waals surface area contributed by atoms with Crippen molar-refractivity contribution < 1.29 is 0 Å². The van der Waals surface area contributed by atoms with Crippen molar-refractivity contribution in [2.75, 3.05) is 0 Å². The van der Waals surface area contributed by atoms with E-state index in [1.165, 1.54) is 29.5 Å².